The molecule has 1 aromatic rings. The maximum absolute atomic E-state index is 9.58. The third-order valence-corrected chi connectivity index (χ3v) is 4.21. The smallest absolute Gasteiger partial charge is 0.0762 e. The highest BCUT2D eigenvalue weighted by Gasteiger charge is 2.34. The highest BCUT2D eigenvalue weighted by Crippen LogP contribution is 2.40. The summed E-state index contributed by atoms with van der Waals surface area (Å²) in [4.78, 5) is 2.48. The van der Waals surface area contributed by atoms with Gasteiger partial charge in [-0.2, -0.15) is 0 Å². The van der Waals surface area contributed by atoms with E-state index in [2.05, 4.69) is 11.0 Å². The van der Waals surface area contributed by atoms with Gasteiger partial charge in [-0.15, -0.1) is 0 Å². The lowest BCUT2D eigenvalue weighted by atomic mass is 10.1. The summed E-state index contributed by atoms with van der Waals surface area (Å²) in [6, 6.07) is 6.67. The van der Waals surface area contributed by atoms with Crippen molar-refractivity contribution in [2.75, 3.05) is 11.4 Å². The van der Waals surface area contributed by atoms with E-state index in [4.69, 9.17) is 11.6 Å². The monoisotopic (exact) mass is 265 g/mol. The molecule has 0 aromatic heterocycles. The number of rotatable bonds is 5. The minimum Gasteiger partial charge on any atom is -0.389 e. The Kier molecular flexibility index (Phi) is 3.25. The molecule has 3 rings (SSSR count). The van der Waals surface area contributed by atoms with Gasteiger partial charge in [0.1, 0.15) is 0 Å². The lowest BCUT2D eigenvalue weighted by Gasteiger charge is -2.26. The van der Waals surface area contributed by atoms with Crippen LogP contribution in [0.4, 0.5) is 5.69 Å². The Labute approximate surface area is 114 Å². The Morgan fingerprint density at radius 3 is 2.56 bits per heavy atom. The van der Waals surface area contributed by atoms with Crippen LogP contribution in [0.1, 0.15) is 44.3 Å². The van der Waals surface area contributed by atoms with E-state index in [0.29, 0.717) is 6.04 Å². The second-order valence-electron chi connectivity index (χ2n) is 5.71. The first-order valence-corrected chi connectivity index (χ1v) is 7.27. The van der Waals surface area contributed by atoms with E-state index in [1.165, 1.54) is 25.7 Å². The normalized spacial score (nSPS) is 20.8. The van der Waals surface area contributed by atoms with Crippen molar-refractivity contribution in [2.45, 2.75) is 44.8 Å². The number of aliphatic hydroxyl groups is 1. The standard InChI is InChI=1S/C15H20ClNO/c1-10(18)12-4-7-15(14(16)8-12)17(13-5-6-13)9-11-2-3-11/h4,7-8,10-11,13,18H,2-3,5-6,9H2,1H3/t10-/m1/s1. The topological polar surface area (TPSA) is 23.5 Å². The number of hydrogen-bond donors (Lipinski definition) is 1. The highest BCUT2D eigenvalue weighted by molar-refractivity contribution is 6.33. The summed E-state index contributed by atoms with van der Waals surface area (Å²) in [5.74, 6) is 0.873. The summed E-state index contributed by atoms with van der Waals surface area (Å²) in [7, 11) is 0. The lowest BCUT2D eigenvalue weighted by molar-refractivity contribution is 0.199. The van der Waals surface area contributed by atoms with Gasteiger partial charge in [0.05, 0.1) is 16.8 Å². The molecule has 0 heterocycles. The fourth-order valence-corrected chi connectivity index (χ4v) is 2.72. The van der Waals surface area contributed by atoms with Gasteiger partial charge in [-0.05, 0) is 56.2 Å². The van der Waals surface area contributed by atoms with Crippen molar-refractivity contribution in [1.29, 1.82) is 0 Å². The van der Waals surface area contributed by atoms with E-state index < -0.39 is 6.10 Å². The molecule has 2 fully saturated rings. The number of benzene rings is 1. The maximum atomic E-state index is 9.58. The van der Waals surface area contributed by atoms with Crippen LogP contribution >= 0.6 is 11.6 Å². The molecule has 0 saturated heterocycles. The van der Waals surface area contributed by atoms with Crippen LogP contribution in [0, 0.1) is 5.92 Å². The largest absolute Gasteiger partial charge is 0.389 e. The molecule has 0 aliphatic heterocycles. The first-order valence-electron chi connectivity index (χ1n) is 6.89. The van der Waals surface area contributed by atoms with Gasteiger partial charge in [0, 0.05) is 12.6 Å². The molecule has 2 aliphatic rings. The first-order chi connectivity index (χ1) is 8.65. The van der Waals surface area contributed by atoms with E-state index in [1.54, 1.807) is 6.92 Å². The molecule has 0 bridgehead atoms. The van der Waals surface area contributed by atoms with Crippen molar-refractivity contribution < 1.29 is 5.11 Å². The number of anilines is 1. The first kappa shape index (κ1) is 12.3. The zero-order chi connectivity index (χ0) is 12.7. The van der Waals surface area contributed by atoms with Crippen LogP contribution in [0.15, 0.2) is 18.2 Å². The van der Waals surface area contributed by atoms with Crippen LogP contribution in [0.25, 0.3) is 0 Å². The van der Waals surface area contributed by atoms with Gasteiger partial charge >= 0.3 is 0 Å². The molecule has 0 unspecified atom stereocenters. The lowest BCUT2D eigenvalue weighted by Crippen LogP contribution is -2.28. The molecule has 0 amide bonds. The molecule has 0 spiro atoms. The van der Waals surface area contributed by atoms with Crippen molar-refractivity contribution in [3.63, 3.8) is 0 Å². The fourth-order valence-electron chi connectivity index (χ4n) is 2.42. The predicted molar refractivity (Wildman–Crippen MR) is 75.2 cm³/mol. The Balaban J connectivity index is 1.83. The summed E-state index contributed by atoms with van der Waals surface area (Å²) < 4.78 is 0. The van der Waals surface area contributed by atoms with E-state index in [0.717, 1.165) is 28.7 Å². The van der Waals surface area contributed by atoms with Gasteiger partial charge in [0.25, 0.3) is 0 Å². The van der Waals surface area contributed by atoms with E-state index in [1.807, 2.05) is 12.1 Å². The Morgan fingerprint density at radius 2 is 2.06 bits per heavy atom. The van der Waals surface area contributed by atoms with Crippen molar-refractivity contribution >= 4 is 17.3 Å². The van der Waals surface area contributed by atoms with Crippen molar-refractivity contribution in [2.24, 2.45) is 5.92 Å². The fraction of sp³-hybridized carbons (Fsp3) is 0.600. The quantitative estimate of drug-likeness (QED) is 0.876. The number of hydrogen-bond acceptors (Lipinski definition) is 2. The third kappa shape index (κ3) is 2.65. The van der Waals surface area contributed by atoms with E-state index in [-0.39, 0.29) is 0 Å². The molecular weight excluding hydrogens is 246 g/mol. The number of halogens is 1. The Morgan fingerprint density at radius 1 is 1.33 bits per heavy atom. The van der Waals surface area contributed by atoms with Gasteiger partial charge in [-0.1, -0.05) is 17.7 Å². The molecule has 2 nitrogen and oxygen atoms in total. The van der Waals surface area contributed by atoms with Gasteiger partial charge < -0.3 is 10.0 Å². The van der Waals surface area contributed by atoms with Crippen molar-refractivity contribution in [3.8, 4) is 0 Å². The minimum atomic E-state index is -0.450. The van der Waals surface area contributed by atoms with Gasteiger partial charge in [-0.3, -0.25) is 0 Å². The second kappa shape index (κ2) is 4.75. The molecule has 18 heavy (non-hydrogen) atoms. The van der Waals surface area contributed by atoms with Crippen LogP contribution in [-0.2, 0) is 0 Å². The van der Waals surface area contributed by atoms with Crippen LogP contribution in [0.3, 0.4) is 0 Å². The summed E-state index contributed by atoms with van der Waals surface area (Å²) in [6.45, 7) is 2.92. The number of aliphatic hydroxyl groups excluding tert-OH is 1. The summed E-state index contributed by atoms with van der Waals surface area (Å²) in [5.41, 5.74) is 2.04. The molecule has 1 N–H and O–H groups in total. The molecule has 98 valence electrons. The average molecular weight is 266 g/mol. The van der Waals surface area contributed by atoms with Crippen molar-refractivity contribution in [3.05, 3.63) is 28.8 Å². The average Bonchev–Trinajstić information content (AvgIpc) is 3.19. The maximum Gasteiger partial charge on any atom is 0.0762 e. The van der Waals surface area contributed by atoms with E-state index >= 15 is 0 Å². The molecule has 1 atom stereocenters. The highest BCUT2D eigenvalue weighted by atomic mass is 35.5. The molecule has 2 aliphatic carbocycles. The Bertz CT molecular complexity index is 438. The molecule has 3 heteroatoms. The van der Waals surface area contributed by atoms with Gasteiger partial charge in [0.15, 0.2) is 0 Å². The van der Waals surface area contributed by atoms with Gasteiger partial charge in [0.2, 0.25) is 0 Å². The summed E-state index contributed by atoms with van der Waals surface area (Å²) in [6.07, 6.45) is 4.87. The predicted octanol–water partition coefficient (Wildman–Crippen LogP) is 3.77. The number of nitrogens with zero attached hydrogens (tertiary/aromatic N) is 1. The SMILES string of the molecule is C[C@@H](O)c1ccc(N(CC2CC2)C2CC2)c(Cl)c1. The third-order valence-electron chi connectivity index (χ3n) is 3.90. The van der Waals surface area contributed by atoms with E-state index in [9.17, 15) is 5.11 Å². The second-order valence-corrected chi connectivity index (χ2v) is 6.12. The minimum absolute atomic E-state index is 0.450. The van der Waals surface area contributed by atoms with Crippen LogP contribution < -0.4 is 4.90 Å². The molecule has 0 radical (unpaired) electrons. The Hall–Kier alpha value is -0.730. The van der Waals surface area contributed by atoms with Crippen LogP contribution in [0.5, 0.6) is 0 Å². The zero-order valence-corrected chi connectivity index (χ0v) is 11.5. The van der Waals surface area contributed by atoms with Crippen LogP contribution in [-0.4, -0.2) is 17.7 Å². The summed E-state index contributed by atoms with van der Waals surface area (Å²) in [5, 5.41) is 10.4. The van der Waals surface area contributed by atoms with Gasteiger partial charge in [-0.25, -0.2) is 0 Å². The summed E-state index contributed by atoms with van der Waals surface area (Å²) >= 11 is 6.39. The zero-order valence-electron chi connectivity index (χ0n) is 10.8. The molecular formula is C15H20ClNO. The molecule has 1 aromatic carbocycles. The van der Waals surface area contributed by atoms with Crippen molar-refractivity contribution in [1.82, 2.24) is 0 Å². The molecule has 2 saturated carbocycles. The van der Waals surface area contributed by atoms with Crippen LogP contribution in [0.2, 0.25) is 5.02 Å².